The van der Waals surface area contributed by atoms with Crippen LogP contribution in [-0.2, 0) is 6.42 Å². The maximum absolute atomic E-state index is 11.9. The molecule has 0 unspecified atom stereocenters. The van der Waals surface area contributed by atoms with Crippen molar-refractivity contribution in [2.75, 3.05) is 50.3 Å². The number of anilines is 1. The summed E-state index contributed by atoms with van der Waals surface area (Å²) in [6.07, 6.45) is 3.46. The zero-order valence-electron chi connectivity index (χ0n) is 16.6. The lowest BCUT2D eigenvalue weighted by Gasteiger charge is -2.34. The highest BCUT2D eigenvalue weighted by Crippen LogP contribution is 2.13. The van der Waals surface area contributed by atoms with Gasteiger partial charge in [0.1, 0.15) is 0 Å². The molecule has 2 aromatic rings. The highest BCUT2D eigenvalue weighted by molar-refractivity contribution is 8.13. The summed E-state index contributed by atoms with van der Waals surface area (Å²) in [7, 11) is 0. The number of carbonyl (C=O) groups is 1. The molecule has 1 amide bonds. The molecule has 5 heteroatoms. The van der Waals surface area contributed by atoms with Crippen molar-refractivity contribution in [2.24, 2.45) is 0 Å². The van der Waals surface area contributed by atoms with Gasteiger partial charge in [0.05, 0.1) is 0 Å². The highest BCUT2D eigenvalue weighted by atomic mass is 32.2. The van der Waals surface area contributed by atoms with E-state index in [2.05, 4.69) is 45.4 Å². The first-order valence-electron chi connectivity index (χ1n) is 10.3. The van der Waals surface area contributed by atoms with E-state index in [0.29, 0.717) is 0 Å². The second-order valence-corrected chi connectivity index (χ2v) is 8.32. The minimum absolute atomic E-state index is 0.0365. The van der Waals surface area contributed by atoms with Gasteiger partial charge in [0.2, 0.25) is 0 Å². The van der Waals surface area contributed by atoms with Crippen molar-refractivity contribution in [3.8, 4) is 0 Å². The molecule has 2 aromatic carbocycles. The normalized spacial score (nSPS) is 15.4. The molecule has 1 N–H and O–H groups in total. The van der Waals surface area contributed by atoms with Crippen molar-refractivity contribution < 1.29 is 4.79 Å². The quantitative estimate of drug-likeness (QED) is 0.628. The minimum Gasteiger partial charge on any atom is -0.317 e. The van der Waals surface area contributed by atoms with Gasteiger partial charge in [-0.25, -0.2) is 0 Å². The van der Waals surface area contributed by atoms with Gasteiger partial charge in [-0.2, -0.15) is 0 Å². The summed E-state index contributed by atoms with van der Waals surface area (Å²) in [5.74, 6) is 0.871. The molecule has 1 aliphatic heterocycles. The molecule has 0 spiro atoms. The Morgan fingerprint density at radius 3 is 2.04 bits per heavy atom. The SMILES string of the molecule is O=C(Nc1ccccc1)SCCCN1CCN(CCCc2ccccc2)CC1. The zero-order chi connectivity index (χ0) is 19.4. The molecule has 0 saturated carbocycles. The third-order valence-corrected chi connectivity index (χ3v) is 5.98. The van der Waals surface area contributed by atoms with E-state index in [9.17, 15) is 4.79 Å². The summed E-state index contributed by atoms with van der Waals surface area (Å²) >= 11 is 1.38. The van der Waals surface area contributed by atoms with Gasteiger partial charge in [-0.05, 0) is 50.0 Å². The lowest BCUT2D eigenvalue weighted by Crippen LogP contribution is -2.46. The molecule has 1 heterocycles. The number of rotatable bonds is 9. The average Bonchev–Trinajstić information content (AvgIpc) is 2.74. The second kappa shape index (κ2) is 11.9. The zero-order valence-corrected chi connectivity index (χ0v) is 17.4. The van der Waals surface area contributed by atoms with Crippen LogP contribution in [0, 0.1) is 0 Å². The van der Waals surface area contributed by atoms with Gasteiger partial charge in [0, 0.05) is 37.6 Å². The number of benzene rings is 2. The smallest absolute Gasteiger partial charge is 0.283 e. The number of aryl methyl sites for hydroxylation is 1. The van der Waals surface area contributed by atoms with Crippen molar-refractivity contribution in [2.45, 2.75) is 19.3 Å². The van der Waals surface area contributed by atoms with Gasteiger partial charge >= 0.3 is 0 Å². The topological polar surface area (TPSA) is 35.6 Å². The van der Waals surface area contributed by atoms with E-state index in [0.717, 1.165) is 50.6 Å². The van der Waals surface area contributed by atoms with E-state index in [1.54, 1.807) is 0 Å². The lowest BCUT2D eigenvalue weighted by molar-refractivity contribution is 0.132. The van der Waals surface area contributed by atoms with E-state index in [4.69, 9.17) is 0 Å². The number of amides is 1. The molecule has 4 nitrogen and oxygen atoms in total. The van der Waals surface area contributed by atoms with Crippen LogP contribution in [0.2, 0.25) is 0 Å². The number of para-hydroxylation sites is 1. The van der Waals surface area contributed by atoms with Crippen LogP contribution in [0.25, 0.3) is 0 Å². The van der Waals surface area contributed by atoms with Gasteiger partial charge in [-0.15, -0.1) is 0 Å². The largest absolute Gasteiger partial charge is 0.317 e. The van der Waals surface area contributed by atoms with Crippen LogP contribution in [-0.4, -0.2) is 60.1 Å². The maximum Gasteiger partial charge on any atom is 0.283 e. The van der Waals surface area contributed by atoms with Gasteiger partial charge in [0.15, 0.2) is 0 Å². The molecule has 28 heavy (non-hydrogen) atoms. The molecule has 3 rings (SSSR count). The fourth-order valence-corrected chi connectivity index (χ4v) is 4.17. The Kier molecular flexibility index (Phi) is 8.88. The van der Waals surface area contributed by atoms with Crippen LogP contribution < -0.4 is 5.32 Å². The molecule has 1 aliphatic rings. The van der Waals surface area contributed by atoms with Gasteiger partial charge in [-0.1, -0.05) is 60.3 Å². The first-order chi connectivity index (χ1) is 13.8. The summed E-state index contributed by atoms with van der Waals surface area (Å²) < 4.78 is 0. The van der Waals surface area contributed by atoms with Gasteiger partial charge in [0.25, 0.3) is 5.24 Å². The van der Waals surface area contributed by atoms with E-state index in [1.807, 2.05) is 30.3 Å². The van der Waals surface area contributed by atoms with Crippen LogP contribution in [0.3, 0.4) is 0 Å². The van der Waals surface area contributed by atoms with Gasteiger partial charge < -0.3 is 15.1 Å². The van der Waals surface area contributed by atoms with Gasteiger partial charge in [-0.3, -0.25) is 4.79 Å². The number of nitrogens with one attached hydrogen (secondary N) is 1. The standard InChI is InChI=1S/C23H31N3OS/c27-23(24-22-12-5-2-6-13-22)28-20-8-15-26-18-16-25(17-19-26)14-7-11-21-9-3-1-4-10-21/h1-6,9-10,12-13H,7-8,11,14-20H2,(H,24,27). The van der Waals surface area contributed by atoms with Crippen LogP contribution >= 0.6 is 11.8 Å². The summed E-state index contributed by atoms with van der Waals surface area (Å²) in [5.41, 5.74) is 2.30. The molecular formula is C23H31N3OS. The highest BCUT2D eigenvalue weighted by Gasteiger charge is 2.16. The fourth-order valence-electron chi connectivity index (χ4n) is 3.52. The molecule has 150 valence electrons. The number of carbonyl (C=O) groups excluding carboxylic acids is 1. The first-order valence-corrected chi connectivity index (χ1v) is 11.3. The lowest BCUT2D eigenvalue weighted by atomic mass is 10.1. The van der Waals surface area contributed by atoms with E-state index in [1.165, 1.54) is 36.7 Å². The number of thioether (sulfide) groups is 1. The van der Waals surface area contributed by atoms with Crippen molar-refractivity contribution >= 4 is 22.7 Å². The van der Waals surface area contributed by atoms with Crippen LogP contribution in [0.1, 0.15) is 18.4 Å². The van der Waals surface area contributed by atoms with Crippen molar-refractivity contribution in [3.05, 3.63) is 66.2 Å². The molecule has 0 bridgehead atoms. The number of hydrogen-bond donors (Lipinski definition) is 1. The molecular weight excluding hydrogens is 366 g/mol. The maximum atomic E-state index is 11.9. The summed E-state index contributed by atoms with van der Waals surface area (Å²) in [6, 6.07) is 20.4. The Labute approximate surface area is 173 Å². The predicted octanol–water partition coefficient (Wildman–Crippen LogP) is 4.59. The van der Waals surface area contributed by atoms with E-state index < -0.39 is 0 Å². The van der Waals surface area contributed by atoms with E-state index in [-0.39, 0.29) is 5.24 Å². The summed E-state index contributed by atoms with van der Waals surface area (Å²) in [6.45, 7) is 6.90. The van der Waals surface area contributed by atoms with Crippen molar-refractivity contribution in [3.63, 3.8) is 0 Å². The molecule has 1 saturated heterocycles. The molecule has 0 radical (unpaired) electrons. The summed E-state index contributed by atoms with van der Waals surface area (Å²) in [5, 5.41) is 2.96. The Morgan fingerprint density at radius 2 is 1.39 bits per heavy atom. The molecule has 0 aromatic heterocycles. The monoisotopic (exact) mass is 397 g/mol. The molecule has 0 aliphatic carbocycles. The van der Waals surface area contributed by atoms with Crippen LogP contribution in [0.4, 0.5) is 10.5 Å². The Hall–Kier alpha value is -1.82. The van der Waals surface area contributed by atoms with Crippen molar-refractivity contribution in [1.82, 2.24) is 9.80 Å². The van der Waals surface area contributed by atoms with Crippen molar-refractivity contribution in [1.29, 1.82) is 0 Å². The first kappa shape index (κ1) is 20.9. The Balaban J connectivity index is 1.21. The fraction of sp³-hybridized carbons (Fsp3) is 0.435. The predicted molar refractivity (Wildman–Crippen MR) is 120 cm³/mol. The second-order valence-electron chi connectivity index (χ2n) is 7.25. The number of hydrogen-bond acceptors (Lipinski definition) is 4. The third kappa shape index (κ3) is 7.66. The van der Waals surface area contributed by atoms with E-state index >= 15 is 0 Å². The summed E-state index contributed by atoms with van der Waals surface area (Å²) in [4.78, 5) is 17.1. The number of nitrogens with zero attached hydrogens (tertiary/aromatic N) is 2. The molecule has 0 atom stereocenters. The Morgan fingerprint density at radius 1 is 0.821 bits per heavy atom. The third-order valence-electron chi connectivity index (χ3n) is 5.12. The van der Waals surface area contributed by atoms with Crippen LogP contribution in [0.15, 0.2) is 60.7 Å². The minimum atomic E-state index is 0.0365. The number of piperazine rings is 1. The average molecular weight is 398 g/mol. The Bertz CT molecular complexity index is 688. The molecule has 1 fully saturated rings. The van der Waals surface area contributed by atoms with Crippen LogP contribution in [0.5, 0.6) is 0 Å².